The van der Waals surface area contributed by atoms with Crippen molar-refractivity contribution in [3.8, 4) is 0 Å². The van der Waals surface area contributed by atoms with E-state index >= 15 is 0 Å². The molecule has 1 N–H and O–H groups in total. The van der Waals surface area contributed by atoms with Crippen LogP contribution < -0.4 is 5.32 Å². The number of nitrogens with zero attached hydrogens (tertiary/aromatic N) is 4. The molecule has 1 spiro atoms. The number of nitrogens with one attached hydrogen (secondary N) is 1. The van der Waals surface area contributed by atoms with Crippen LogP contribution in [-0.4, -0.2) is 117 Å². The molecule has 7 rings (SSSR count). The molecule has 0 bridgehead atoms. The molecule has 6 aliphatic heterocycles. The van der Waals surface area contributed by atoms with Gasteiger partial charge in [-0.3, -0.25) is 24.0 Å². The molecule has 1 aromatic carbocycles. The highest BCUT2D eigenvalue weighted by molar-refractivity contribution is 6.31. The first-order chi connectivity index (χ1) is 24.1. The molecule has 4 fully saturated rings. The number of carbonyl (C=O) groups excluding carboxylic acids is 6. The van der Waals surface area contributed by atoms with Crippen LogP contribution >= 0.6 is 11.6 Å². The summed E-state index contributed by atoms with van der Waals surface area (Å²) in [5, 5.41) is 3.26. The van der Waals surface area contributed by atoms with Crippen LogP contribution in [0.1, 0.15) is 64.4 Å². The average molecular weight is 706 g/mol. The molecule has 0 aliphatic carbocycles. The largest absolute Gasteiger partial charge is 0.464 e. The van der Waals surface area contributed by atoms with E-state index in [1.165, 1.54) is 6.92 Å². The van der Waals surface area contributed by atoms with Gasteiger partial charge in [0.25, 0.3) is 5.91 Å². The van der Waals surface area contributed by atoms with Crippen LogP contribution in [-0.2, 0) is 39.9 Å². The molecule has 4 saturated heterocycles. The average Bonchev–Trinajstić information content (AvgIpc) is 3.89. The Morgan fingerprint density at radius 3 is 2.44 bits per heavy atom. The lowest BCUT2D eigenvalue weighted by atomic mass is 9.88. The predicted octanol–water partition coefficient (Wildman–Crippen LogP) is 2.39. The lowest BCUT2D eigenvalue weighted by Crippen LogP contribution is -2.65. The Hall–Kier alpha value is -4.19. The minimum absolute atomic E-state index is 0.158. The quantitative estimate of drug-likeness (QED) is 0.340. The van der Waals surface area contributed by atoms with Gasteiger partial charge in [-0.2, -0.15) is 0 Å². The zero-order valence-electron chi connectivity index (χ0n) is 28.5. The van der Waals surface area contributed by atoms with Crippen molar-refractivity contribution >= 4 is 47.1 Å². The minimum atomic E-state index is -1.29. The van der Waals surface area contributed by atoms with Gasteiger partial charge >= 0.3 is 5.97 Å². The van der Waals surface area contributed by atoms with Gasteiger partial charge in [-0.05, 0) is 63.5 Å². The summed E-state index contributed by atoms with van der Waals surface area (Å²) in [7, 11) is 0. The Morgan fingerprint density at radius 1 is 0.960 bits per heavy atom. The number of benzene rings is 1. The summed E-state index contributed by atoms with van der Waals surface area (Å²) in [5.41, 5.74) is -0.594. The number of rotatable bonds is 7. The van der Waals surface area contributed by atoms with Crippen LogP contribution in [0.25, 0.3) is 0 Å². The first-order valence-electron chi connectivity index (χ1n) is 17.9. The Bertz CT molecular complexity index is 1660. The Morgan fingerprint density at radius 2 is 1.70 bits per heavy atom. The Labute approximate surface area is 296 Å². The predicted molar refractivity (Wildman–Crippen MR) is 182 cm³/mol. The van der Waals surface area contributed by atoms with Crippen molar-refractivity contribution in [1.82, 2.24) is 24.9 Å². The van der Waals surface area contributed by atoms with Crippen LogP contribution in [0.15, 0.2) is 48.6 Å². The van der Waals surface area contributed by atoms with Crippen molar-refractivity contribution in [2.24, 2.45) is 5.92 Å². The molecule has 0 aromatic heterocycles. The van der Waals surface area contributed by atoms with Crippen molar-refractivity contribution in [2.75, 3.05) is 19.7 Å². The number of likely N-dealkylation sites (tertiary alicyclic amines) is 2. The molecule has 1 aromatic rings. The van der Waals surface area contributed by atoms with Gasteiger partial charge in [0, 0.05) is 37.4 Å². The molecule has 13 heteroatoms. The summed E-state index contributed by atoms with van der Waals surface area (Å²) in [6.07, 6.45) is 11.7. The van der Waals surface area contributed by atoms with Crippen molar-refractivity contribution in [3.05, 3.63) is 59.2 Å². The fraction of sp³-hybridized carbons (Fsp3) is 0.568. The molecular formula is C37H44ClN5O7. The molecule has 0 saturated carbocycles. The fourth-order valence-electron chi connectivity index (χ4n) is 9.20. The van der Waals surface area contributed by atoms with E-state index in [9.17, 15) is 28.8 Å². The molecule has 8 atom stereocenters. The number of hydrogen-bond acceptors (Lipinski definition) is 7. The van der Waals surface area contributed by atoms with E-state index in [0.29, 0.717) is 68.6 Å². The molecule has 5 amide bonds. The van der Waals surface area contributed by atoms with E-state index in [2.05, 4.69) is 5.32 Å². The normalized spacial score (nSPS) is 31.8. The minimum Gasteiger partial charge on any atom is -0.464 e. The van der Waals surface area contributed by atoms with E-state index < -0.39 is 35.7 Å². The number of hydrogen-bond donors (Lipinski definition) is 1. The van der Waals surface area contributed by atoms with Crippen LogP contribution in [0.2, 0.25) is 5.02 Å². The summed E-state index contributed by atoms with van der Waals surface area (Å²) in [6.45, 7) is 3.99. The SMILES string of the molecule is CCOC(=O)[C@@H]1CC[C@@H]2C=C[C@H]3CCN(C(=O)[C@@H]4CC[C@H]5C=C[C@]6(CCCN6C(=O)C(Cc6ccccc6Cl)NC(C)=O)C(=O)N54)[C@@H]3C(=O)N21. The number of esters is 1. The number of ether oxygens (including phenoxy) is 1. The van der Waals surface area contributed by atoms with Gasteiger partial charge in [-0.15, -0.1) is 0 Å². The van der Waals surface area contributed by atoms with Crippen molar-refractivity contribution in [3.63, 3.8) is 0 Å². The van der Waals surface area contributed by atoms with Crippen LogP contribution in [0.5, 0.6) is 0 Å². The number of halogens is 1. The Kier molecular flexibility index (Phi) is 9.25. The zero-order chi connectivity index (χ0) is 35.3. The monoisotopic (exact) mass is 705 g/mol. The van der Waals surface area contributed by atoms with Crippen molar-refractivity contribution in [1.29, 1.82) is 0 Å². The third kappa shape index (κ3) is 5.69. The number of carbonyl (C=O) groups is 6. The maximum Gasteiger partial charge on any atom is 0.328 e. The van der Waals surface area contributed by atoms with Crippen molar-refractivity contribution < 1.29 is 33.5 Å². The number of fused-ring (bicyclic) bond motifs is 3. The van der Waals surface area contributed by atoms with Gasteiger partial charge in [0.2, 0.25) is 23.6 Å². The Balaban J connectivity index is 1.13. The molecule has 6 heterocycles. The highest BCUT2D eigenvalue weighted by Crippen LogP contribution is 2.43. The fourth-order valence-corrected chi connectivity index (χ4v) is 9.41. The van der Waals surface area contributed by atoms with Crippen LogP contribution in [0, 0.1) is 5.92 Å². The second-order valence-corrected chi connectivity index (χ2v) is 14.7. The highest BCUT2D eigenvalue weighted by atomic mass is 35.5. The summed E-state index contributed by atoms with van der Waals surface area (Å²) >= 11 is 6.42. The third-order valence-corrected chi connectivity index (χ3v) is 11.8. The maximum absolute atomic E-state index is 14.7. The highest BCUT2D eigenvalue weighted by Gasteiger charge is 2.58. The van der Waals surface area contributed by atoms with Gasteiger partial charge in [-0.1, -0.05) is 54.1 Å². The summed E-state index contributed by atoms with van der Waals surface area (Å²) in [4.78, 5) is 89.3. The molecule has 0 radical (unpaired) electrons. The first-order valence-corrected chi connectivity index (χ1v) is 18.2. The standard InChI is InChI=1S/C37H44ClN5O7/c1-3-50-35(48)30-14-12-25-10-9-23-16-20-40(31(23)34(47)42(25)30)33(46)29-13-11-26-15-18-37(36(49)43(26)29)17-6-19-41(37)32(45)28(39-22(2)44)21-24-7-4-5-8-27(24)38/h4-5,7-10,15,18,23,25-26,28-31H,3,6,11-14,16-17,19-21H2,1-2H3,(H,39,44)/t23-,25-,26-,28?,29-,30-,31-,37+/m0/s1. The van der Waals surface area contributed by atoms with E-state index in [0.717, 1.165) is 0 Å². The van der Waals surface area contributed by atoms with Crippen molar-refractivity contribution in [2.45, 2.75) is 107 Å². The smallest absolute Gasteiger partial charge is 0.328 e. The first kappa shape index (κ1) is 34.3. The van der Waals surface area contributed by atoms with Gasteiger partial charge in [0.15, 0.2) is 0 Å². The lowest BCUT2D eigenvalue weighted by molar-refractivity contribution is -0.159. The van der Waals surface area contributed by atoms with Gasteiger partial charge in [-0.25, -0.2) is 4.79 Å². The third-order valence-electron chi connectivity index (χ3n) is 11.5. The van der Waals surface area contributed by atoms with Gasteiger partial charge < -0.3 is 29.7 Å². The molecule has 12 nitrogen and oxygen atoms in total. The molecule has 1 unspecified atom stereocenters. The summed E-state index contributed by atoms with van der Waals surface area (Å²) in [6, 6.07) is 3.40. The van der Waals surface area contributed by atoms with Crippen LogP contribution in [0.4, 0.5) is 0 Å². The van der Waals surface area contributed by atoms with Gasteiger partial charge in [0.05, 0.1) is 18.7 Å². The second-order valence-electron chi connectivity index (χ2n) is 14.3. The summed E-state index contributed by atoms with van der Waals surface area (Å²) < 4.78 is 5.30. The number of amides is 5. The molecule has 266 valence electrons. The van der Waals surface area contributed by atoms with Crippen LogP contribution in [0.3, 0.4) is 0 Å². The topological polar surface area (TPSA) is 137 Å². The molecule has 6 aliphatic rings. The molecule has 50 heavy (non-hydrogen) atoms. The van der Waals surface area contributed by atoms with E-state index in [1.807, 2.05) is 30.4 Å². The molecular weight excluding hydrogens is 662 g/mol. The lowest BCUT2D eigenvalue weighted by Gasteiger charge is -2.45. The van der Waals surface area contributed by atoms with Gasteiger partial charge in [0.1, 0.15) is 29.7 Å². The zero-order valence-corrected chi connectivity index (χ0v) is 29.2. The van der Waals surface area contributed by atoms with E-state index in [-0.39, 0.29) is 60.6 Å². The van der Waals surface area contributed by atoms with E-state index in [4.69, 9.17) is 16.3 Å². The summed E-state index contributed by atoms with van der Waals surface area (Å²) in [5.74, 6) is -2.22. The maximum atomic E-state index is 14.7. The second kappa shape index (κ2) is 13.5. The van der Waals surface area contributed by atoms with E-state index in [1.54, 1.807) is 44.7 Å².